The second kappa shape index (κ2) is 9.70. The van der Waals surface area contributed by atoms with E-state index in [1.54, 1.807) is 19.1 Å². The van der Waals surface area contributed by atoms with Crippen LogP contribution >= 0.6 is 0 Å². The van der Waals surface area contributed by atoms with Crippen molar-refractivity contribution in [1.29, 1.82) is 0 Å². The SMILES string of the molecule is CCc1ccc(N(C(C)C(=O)Nc2ccc(N3CCN(C)CC3)cc2)S(C)(=O)=O)cc1. The van der Waals surface area contributed by atoms with Crippen LogP contribution in [-0.2, 0) is 21.2 Å². The summed E-state index contributed by atoms with van der Waals surface area (Å²) < 4.78 is 26.1. The number of carbonyl (C=O) groups is 1. The van der Waals surface area contributed by atoms with Crippen molar-refractivity contribution in [3.63, 3.8) is 0 Å². The van der Waals surface area contributed by atoms with Crippen LogP contribution in [0.15, 0.2) is 48.5 Å². The third-order valence-corrected chi connectivity index (χ3v) is 6.93. The number of nitrogens with zero attached hydrogens (tertiary/aromatic N) is 3. The normalized spacial score (nSPS) is 16.1. The number of carbonyl (C=O) groups excluding carboxylic acids is 1. The monoisotopic (exact) mass is 444 g/mol. The summed E-state index contributed by atoms with van der Waals surface area (Å²) in [7, 11) is -1.52. The zero-order valence-corrected chi connectivity index (χ0v) is 19.5. The quantitative estimate of drug-likeness (QED) is 0.711. The Balaban J connectivity index is 1.71. The van der Waals surface area contributed by atoms with Gasteiger partial charge in [-0.25, -0.2) is 8.42 Å². The first-order chi connectivity index (χ1) is 14.7. The topological polar surface area (TPSA) is 73.0 Å². The number of piperazine rings is 1. The van der Waals surface area contributed by atoms with Gasteiger partial charge in [-0.2, -0.15) is 0 Å². The third-order valence-electron chi connectivity index (χ3n) is 5.69. The summed E-state index contributed by atoms with van der Waals surface area (Å²) in [6.07, 6.45) is 1.98. The molecule has 2 aromatic carbocycles. The van der Waals surface area contributed by atoms with Crippen molar-refractivity contribution in [2.24, 2.45) is 0 Å². The van der Waals surface area contributed by atoms with Crippen LogP contribution in [0.5, 0.6) is 0 Å². The molecule has 1 atom stereocenters. The molecule has 1 aliphatic rings. The van der Waals surface area contributed by atoms with Crippen molar-refractivity contribution in [3.8, 4) is 0 Å². The van der Waals surface area contributed by atoms with Crippen molar-refractivity contribution < 1.29 is 13.2 Å². The van der Waals surface area contributed by atoms with E-state index in [9.17, 15) is 13.2 Å². The van der Waals surface area contributed by atoms with E-state index in [0.29, 0.717) is 11.4 Å². The highest BCUT2D eigenvalue weighted by atomic mass is 32.2. The van der Waals surface area contributed by atoms with Crippen LogP contribution in [-0.4, -0.2) is 64.7 Å². The largest absolute Gasteiger partial charge is 0.369 e. The lowest BCUT2D eigenvalue weighted by Crippen LogP contribution is -2.45. The minimum Gasteiger partial charge on any atom is -0.369 e. The van der Waals surface area contributed by atoms with Gasteiger partial charge in [-0.15, -0.1) is 0 Å². The van der Waals surface area contributed by atoms with Gasteiger partial charge in [-0.3, -0.25) is 9.10 Å². The molecule has 7 nitrogen and oxygen atoms in total. The van der Waals surface area contributed by atoms with E-state index in [1.165, 1.54) is 4.31 Å². The minimum atomic E-state index is -3.64. The summed E-state index contributed by atoms with van der Waals surface area (Å²) in [5.74, 6) is -0.377. The molecule has 0 saturated carbocycles. The number of rotatable bonds is 7. The third kappa shape index (κ3) is 5.77. The maximum Gasteiger partial charge on any atom is 0.247 e. The predicted octanol–water partition coefficient (Wildman–Crippen LogP) is 2.79. The number of likely N-dealkylation sites (N-methyl/N-ethyl adjacent to an activating group) is 1. The van der Waals surface area contributed by atoms with Crippen LogP contribution in [0, 0.1) is 0 Å². The Hall–Kier alpha value is -2.58. The van der Waals surface area contributed by atoms with Crippen molar-refractivity contribution in [1.82, 2.24) is 4.90 Å². The Morgan fingerprint density at radius 3 is 2.13 bits per heavy atom. The Morgan fingerprint density at radius 1 is 1.03 bits per heavy atom. The summed E-state index contributed by atoms with van der Waals surface area (Å²) in [4.78, 5) is 17.5. The first-order valence-electron chi connectivity index (χ1n) is 10.6. The summed E-state index contributed by atoms with van der Waals surface area (Å²) in [6.45, 7) is 7.63. The molecule has 1 N–H and O–H groups in total. The Labute approximate surface area is 185 Å². The standard InChI is InChI=1S/C23H32N4O3S/c1-5-19-6-10-22(11-7-19)27(31(4,29)30)18(2)23(28)24-20-8-12-21(13-9-20)26-16-14-25(3)15-17-26/h6-13,18H,5,14-17H2,1-4H3,(H,24,28). The lowest BCUT2D eigenvalue weighted by atomic mass is 10.1. The van der Waals surface area contributed by atoms with Crippen LogP contribution in [0.1, 0.15) is 19.4 Å². The number of nitrogens with one attached hydrogen (secondary N) is 1. The first kappa shape index (κ1) is 23.1. The minimum absolute atomic E-state index is 0.377. The van der Waals surface area contributed by atoms with Gasteiger partial charge in [-0.05, 0) is 62.4 Å². The lowest BCUT2D eigenvalue weighted by Gasteiger charge is -2.34. The number of sulfonamides is 1. The molecule has 1 heterocycles. The maximum absolute atomic E-state index is 12.9. The number of aryl methyl sites for hydroxylation is 1. The van der Waals surface area contributed by atoms with Crippen LogP contribution < -0.4 is 14.5 Å². The zero-order valence-electron chi connectivity index (χ0n) is 18.7. The molecule has 1 saturated heterocycles. The van der Waals surface area contributed by atoms with Gasteiger partial charge in [0.15, 0.2) is 0 Å². The molecule has 0 aromatic heterocycles. The molecule has 1 unspecified atom stereocenters. The molecule has 0 bridgehead atoms. The molecule has 1 aliphatic heterocycles. The highest BCUT2D eigenvalue weighted by Crippen LogP contribution is 2.23. The van der Waals surface area contributed by atoms with Gasteiger partial charge < -0.3 is 15.1 Å². The zero-order chi connectivity index (χ0) is 22.6. The summed E-state index contributed by atoms with van der Waals surface area (Å²) in [5, 5.41) is 2.85. The van der Waals surface area contributed by atoms with E-state index in [4.69, 9.17) is 0 Å². The maximum atomic E-state index is 12.9. The molecule has 2 aromatic rings. The van der Waals surface area contributed by atoms with E-state index in [-0.39, 0.29) is 5.91 Å². The van der Waals surface area contributed by atoms with Crippen molar-refractivity contribution >= 4 is 33.0 Å². The van der Waals surface area contributed by atoms with Gasteiger partial charge in [0.05, 0.1) is 11.9 Å². The predicted molar refractivity (Wildman–Crippen MR) is 127 cm³/mol. The average Bonchev–Trinajstić information content (AvgIpc) is 2.74. The van der Waals surface area contributed by atoms with Crippen molar-refractivity contribution in [3.05, 3.63) is 54.1 Å². The van der Waals surface area contributed by atoms with E-state index in [2.05, 4.69) is 22.2 Å². The molecule has 0 spiro atoms. The fraction of sp³-hybridized carbons (Fsp3) is 0.435. The highest BCUT2D eigenvalue weighted by Gasteiger charge is 2.29. The smallest absolute Gasteiger partial charge is 0.247 e. The number of anilines is 3. The van der Waals surface area contributed by atoms with E-state index < -0.39 is 16.1 Å². The van der Waals surface area contributed by atoms with E-state index >= 15 is 0 Å². The number of hydrogen-bond acceptors (Lipinski definition) is 5. The molecular formula is C23H32N4O3S. The Bertz CT molecular complexity index is 982. The van der Waals surface area contributed by atoms with Gasteiger partial charge in [0, 0.05) is 37.6 Å². The second-order valence-corrected chi connectivity index (χ2v) is 9.94. The summed E-state index contributed by atoms with van der Waals surface area (Å²) in [5.41, 5.74) is 3.35. The van der Waals surface area contributed by atoms with Gasteiger partial charge >= 0.3 is 0 Å². The molecule has 3 rings (SSSR count). The van der Waals surface area contributed by atoms with E-state index in [1.807, 2.05) is 43.3 Å². The lowest BCUT2D eigenvalue weighted by molar-refractivity contribution is -0.116. The van der Waals surface area contributed by atoms with Gasteiger partial charge in [-0.1, -0.05) is 19.1 Å². The molecule has 168 valence electrons. The fourth-order valence-corrected chi connectivity index (χ4v) is 4.93. The molecule has 1 amide bonds. The first-order valence-corrected chi connectivity index (χ1v) is 12.5. The van der Waals surface area contributed by atoms with Gasteiger partial charge in [0.25, 0.3) is 0 Å². The van der Waals surface area contributed by atoms with E-state index in [0.717, 1.165) is 50.1 Å². The second-order valence-electron chi connectivity index (χ2n) is 8.08. The molecule has 0 aliphatic carbocycles. The number of amides is 1. The van der Waals surface area contributed by atoms with Crippen molar-refractivity contribution in [2.45, 2.75) is 26.3 Å². The fourth-order valence-electron chi connectivity index (χ4n) is 3.75. The molecule has 8 heteroatoms. The Morgan fingerprint density at radius 2 is 1.61 bits per heavy atom. The molecule has 31 heavy (non-hydrogen) atoms. The molecular weight excluding hydrogens is 412 g/mol. The highest BCUT2D eigenvalue weighted by molar-refractivity contribution is 7.92. The Kier molecular flexibility index (Phi) is 7.23. The van der Waals surface area contributed by atoms with Gasteiger partial charge in [0.1, 0.15) is 6.04 Å². The van der Waals surface area contributed by atoms with Crippen LogP contribution in [0.25, 0.3) is 0 Å². The van der Waals surface area contributed by atoms with Crippen LogP contribution in [0.2, 0.25) is 0 Å². The van der Waals surface area contributed by atoms with Crippen LogP contribution in [0.3, 0.4) is 0 Å². The number of benzene rings is 2. The van der Waals surface area contributed by atoms with Crippen LogP contribution in [0.4, 0.5) is 17.1 Å². The average molecular weight is 445 g/mol. The molecule has 1 fully saturated rings. The molecule has 0 radical (unpaired) electrons. The summed E-state index contributed by atoms with van der Waals surface area (Å²) in [6, 6.07) is 14.1. The number of hydrogen-bond donors (Lipinski definition) is 1. The van der Waals surface area contributed by atoms with Gasteiger partial charge in [0.2, 0.25) is 15.9 Å². The van der Waals surface area contributed by atoms with Crippen molar-refractivity contribution in [2.75, 3.05) is 54.0 Å². The summed E-state index contributed by atoms with van der Waals surface area (Å²) >= 11 is 0.